The van der Waals surface area contributed by atoms with E-state index in [1.807, 2.05) is 5.32 Å². The van der Waals surface area contributed by atoms with Crippen LogP contribution in [0.15, 0.2) is 0 Å². The van der Waals surface area contributed by atoms with E-state index in [2.05, 4.69) is 10.6 Å². The van der Waals surface area contributed by atoms with Gasteiger partial charge >= 0.3 is 5.97 Å². The zero-order chi connectivity index (χ0) is 24.3. The van der Waals surface area contributed by atoms with Crippen LogP contribution >= 0.6 is 0 Å². The van der Waals surface area contributed by atoms with E-state index >= 15 is 0 Å². The fourth-order valence-electron chi connectivity index (χ4n) is 2.40. The monoisotopic (exact) mass is 446 g/mol. The van der Waals surface area contributed by atoms with Crippen molar-refractivity contribution in [3.8, 4) is 0 Å². The van der Waals surface area contributed by atoms with Crippen molar-refractivity contribution in [1.82, 2.24) is 16.0 Å². The number of aliphatic carboxylic acids is 1. The molecule has 5 atom stereocenters. The van der Waals surface area contributed by atoms with Crippen LogP contribution in [0.5, 0.6) is 0 Å². The smallest absolute Gasteiger partial charge is 0.328 e. The van der Waals surface area contributed by atoms with E-state index in [-0.39, 0.29) is 0 Å². The first-order valence-corrected chi connectivity index (χ1v) is 9.40. The van der Waals surface area contributed by atoms with Crippen molar-refractivity contribution in [2.45, 2.75) is 57.3 Å². The van der Waals surface area contributed by atoms with Gasteiger partial charge in [0.25, 0.3) is 0 Å². The lowest BCUT2D eigenvalue weighted by Crippen LogP contribution is -2.59. The second kappa shape index (κ2) is 13.1. The average molecular weight is 446 g/mol. The van der Waals surface area contributed by atoms with Crippen molar-refractivity contribution in [2.75, 3.05) is 6.61 Å². The van der Waals surface area contributed by atoms with E-state index in [4.69, 9.17) is 27.4 Å². The minimum atomic E-state index is -1.67. The van der Waals surface area contributed by atoms with Crippen LogP contribution in [-0.4, -0.2) is 76.5 Å². The van der Waals surface area contributed by atoms with Crippen LogP contribution in [0.3, 0.4) is 0 Å². The summed E-state index contributed by atoms with van der Waals surface area (Å²) in [6.07, 6.45) is -0.704. The minimum absolute atomic E-state index is 0.418. The second-order valence-electron chi connectivity index (χ2n) is 6.96. The van der Waals surface area contributed by atoms with Crippen molar-refractivity contribution in [2.24, 2.45) is 23.1 Å². The molecule has 0 saturated carbocycles. The van der Waals surface area contributed by atoms with Gasteiger partial charge in [-0.1, -0.05) is 20.3 Å². The van der Waals surface area contributed by atoms with Crippen LogP contribution in [0.25, 0.3) is 0 Å². The maximum Gasteiger partial charge on any atom is 0.328 e. The van der Waals surface area contributed by atoms with Gasteiger partial charge in [0.1, 0.15) is 18.1 Å². The standard InChI is InChI=1S/C17H30N6O8/c1-3-7(2)13(23-14(27)8(18)4-11(19)25)16(29)21-9(5-12(20)26)15(28)22-10(6-24)17(30)31/h7-10,13,24H,3-6,18H2,1-2H3,(H2,19,25)(H2,20,26)(H,21,29)(H,22,28)(H,23,27)(H,30,31). The van der Waals surface area contributed by atoms with E-state index in [0.29, 0.717) is 6.42 Å². The number of carboxylic acid groups (broad SMARTS) is 1. The molecule has 0 rings (SSSR count). The summed E-state index contributed by atoms with van der Waals surface area (Å²) in [7, 11) is 0. The molecule has 0 fully saturated rings. The number of hydrogen-bond acceptors (Lipinski definition) is 8. The number of aliphatic hydroxyl groups is 1. The summed E-state index contributed by atoms with van der Waals surface area (Å²) in [4.78, 5) is 70.5. The summed E-state index contributed by atoms with van der Waals surface area (Å²) in [6, 6.07) is -5.74. The molecule has 0 spiro atoms. The molecule has 0 bridgehead atoms. The first-order valence-electron chi connectivity index (χ1n) is 9.40. The Labute approximate surface area is 178 Å². The number of carboxylic acids is 1. The molecule has 0 aliphatic rings. The first kappa shape index (κ1) is 27.7. The van der Waals surface area contributed by atoms with Gasteiger partial charge in [-0.3, -0.25) is 24.0 Å². The quantitative estimate of drug-likeness (QED) is 0.128. The topological polar surface area (TPSA) is 257 Å². The predicted molar refractivity (Wildman–Crippen MR) is 106 cm³/mol. The molecule has 0 aromatic rings. The van der Waals surface area contributed by atoms with E-state index < -0.39 is 85.0 Å². The zero-order valence-corrected chi connectivity index (χ0v) is 17.3. The molecule has 0 saturated heterocycles. The maximum atomic E-state index is 12.8. The lowest BCUT2D eigenvalue weighted by Gasteiger charge is -2.27. The third-order valence-corrected chi connectivity index (χ3v) is 4.39. The summed E-state index contributed by atoms with van der Waals surface area (Å²) in [5.41, 5.74) is 15.7. The van der Waals surface area contributed by atoms with Gasteiger partial charge in [0.05, 0.1) is 25.5 Å². The Morgan fingerprint density at radius 2 is 1.35 bits per heavy atom. The van der Waals surface area contributed by atoms with Crippen molar-refractivity contribution >= 4 is 35.5 Å². The van der Waals surface area contributed by atoms with Crippen molar-refractivity contribution < 1.29 is 39.0 Å². The molecule has 11 N–H and O–H groups in total. The Hall–Kier alpha value is -3.26. The third kappa shape index (κ3) is 9.86. The molecule has 14 heteroatoms. The molecular weight excluding hydrogens is 416 g/mol. The van der Waals surface area contributed by atoms with Crippen LogP contribution in [0.4, 0.5) is 0 Å². The van der Waals surface area contributed by atoms with Crippen molar-refractivity contribution in [3.05, 3.63) is 0 Å². The molecule has 0 aromatic heterocycles. The molecule has 0 aromatic carbocycles. The van der Waals surface area contributed by atoms with Crippen LogP contribution < -0.4 is 33.2 Å². The van der Waals surface area contributed by atoms with Crippen molar-refractivity contribution in [3.63, 3.8) is 0 Å². The number of aliphatic hydroxyl groups excluding tert-OH is 1. The predicted octanol–water partition coefficient (Wildman–Crippen LogP) is -4.36. The largest absolute Gasteiger partial charge is 0.480 e. The molecule has 0 radical (unpaired) electrons. The SMILES string of the molecule is CCC(C)C(NC(=O)C(N)CC(N)=O)C(=O)NC(CC(N)=O)C(=O)NC(CO)C(=O)O. The molecule has 0 aliphatic carbocycles. The normalized spacial score (nSPS) is 15.5. The van der Waals surface area contributed by atoms with E-state index in [1.165, 1.54) is 0 Å². The molecule has 0 heterocycles. The highest BCUT2D eigenvalue weighted by atomic mass is 16.4. The summed E-state index contributed by atoms with van der Waals surface area (Å²) in [6.45, 7) is 2.42. The number of carbonyl (C=O) groups excluding carboxylic acids is 5. The van der Waals surface area contributed by atoms with Crippen molar-refractivity contribution in [1.29, 1.82) is 0 Å². The summed E-state index contributed by atoms with van der Waals surface area (Å²) in [5, 5.41) is 24.5. The van der Waals surface area contributed by atoms with Gasteiger partial charge in [0.2, 0.25) is 29.5 Å². The zero-order valence-electron chi connectivity index (χ0n) is 17.3. The van der Waals surface area contributed by atoms with Crippen LogP contribution in [0.1, 0.15) is 33.1 Å². The average Bonchev–Trinajstić information content (AvgIpc) is 2.67. The van der Waals surface area contributed by atoms with Crippen LogP contribution in [-0.2, 0) is 28.8 Å². The first-order chi connectivity index (χ1) is 14.3. The highest BCUT2D eigenvalue weighted by molar-refractivity contribution is 5.96. The molecule has 176 valence electrons. The second-order valence-corrected chi connectivity index (χ2v) is 6.96. The molecule has 5 unspecified atom stereocenters. The number of rotatable bonds is 14. The van der Waals surface area contributed by atoms with Gasteiger partial charge in [0, 0.05) is 0 Å². The Morgan fingerprint density at radius 1 is 0.839 bits per heavy atom. The molecule has 0 aliphatic heterocycles. The van der Waals surface area contributed by atoms with E-state index in [9.17, 15) is 28.8 Å². The van der Waals surface area contributed by atoms with Gasteiger partial charge in [-0.05, 0) is 5.92 Å². The van der Waals surface area contributed by atoms with Gasteiger partial charge in [-0.2, -0.15) is 0 Å². The summed E-state index contributed by atoms with van der Waals surface area (Å²) >= 11 is 0. The minimum Gasteiger partial charge on any atom is -0.480 e. The number of primary amides is 2. The van der Waals surface area contributed by atoms with Crippen LogP contribution in [0, 0.1) is 5.92 Å². The van der Waals surface area contributed by atoms with E-state index in [0.717, 1.165) is 0 Å². The fourth-order valence-corrected chi connectivity index (χ4v) is 2.40. The maximum absolute atomic E-state index is 12.8. The summed E-state index contributed by atoms with van der Waals surface area (Å²) in [5.74, 6) is -6.55. The lowest BCUT2D eigenvalue weighted by atomic mass is 9.97. The summed E-state index contributed by atoms with van der Waals surface area (Å²) < 4.78 is 0. The number of amides is 5. The third-order valence-electron chi connectivity index (χ3n) is 4.39. The molecular formula is C17H30N6O8. The number of nitrogens with one attached hydrogen (secondary N) is 3. The fraction of sp³-hybridized carbons (Fsp3) is 0.647. The van der Waals surface area contributed by atoms with E-state index in [1.54, 1.807) is 13.8 Å². The molecule has 14 nitrogen and oxygen atoms in total. The molecule has 5 amide bonds. The Bertz CT molecular complexity index is 700. The highest BCUT2D eigenvalue weighted by Gasteiger charge is 2.33. The molecule has 31 heavy (non-hydrogen) atoms. The Morgan fingerprint density at radius 3 is 1.77 bits per heavy atom. The number of nitrogens with two attached hydrogens (primary N) is 3. The van der Waals surface area contributed by atoms with Gasteiger partial charge in [-0.15, -0.1) is 0 Å². The number of carbonyl (C=O) groups is 6. The van der Waals surface area contributed by atoms with Gasteiger partial charge in [-0.25, -0.2) is 4.79 Å². The Kier molecular flexibility index (Phi) is 11.7. The lowest BCUT2D eigenvalue weighted by molar-refractivity contribution is -0.143. The van der Waals surface area contributed by atoms with Gasteiger partial charge in [0.15, 0.2) is 0 Å². The Balaban J connectivity index is 5.51. The highest BCUT2D eigenvalue weighted by Crippen LogP contribution is 2.09. The number of hydrogen-bond donors (Lipinski definition) is 8. The van der Waals surface area contributed by atoms with Gasteiger partial charge < -0.3 is 43.4 Å². The van der Waals surface area contributed by atoms with Crippen LogP contribution in [0.2, 0.25) is 0 Å².